The highest BCUT2D eigenvalue weighted by Crippen LogP contribution is 2.44. The van der Waals surface area contributed by atoms with Crippen molar-refractivity contribution in [2.24, 2.45) is 10.1 Å². The fourth-order valence-corrected chi connectivity index (χ4v) is 4.02. The van der Waals surface area contributed by atoms with Gasteiger partial charge < -0.3 is 5.73 Å². The summed E-state index contributed by atoms with van der Waals surface area (Å²) in [6.45, 7) is 5.54. The maximum atomic E-state index is 11.9. The Labute approximate surface area is 177 Å². The van der Waals surface area contributed by atoms with Crippen LogP contribution in [-0.2, 0) is 10.2 Å². The minimum absolute atomic E-state index is 0.147. The molecule has 6 nitrogen and oxygen atoms in total. The van der Waals surface area contributed by atoms with Gasteiger partial charge in [-0.05, 0) is 77.4 Å². The van der Waals surface area contributed by atoms with Crippen molar-refractivity contribution < 1.29 is 4.79 Å². The third-order valence-electron chi connectivity index (χ3n) is 5.71. The van der Waals surface area contributed by atoms with E-state index in [4.69, 9.17) is 16.3 Å². The zero-order chi connectivity index (χ0) is 21.6. The van der Waals surface area contributed by atoms with Gasteiger partial charge in [0.2, 0.25) is 0 Å². The molecule has 0 aliphatic heterocycles. The first-order valence-electron chi connectivity index (χ1n) is 10.5. The number of nitrogens with zero attached hydrogens (tertiary/aromatic N) is 4. The number of rotatable bonds is 9. The van der Waals surface area contributed by atoms with E-state index in [9.17, 15) is 4.79 Å². The largest absolute Gasteiger partial charge is 0.399 e. The fourth-order valence-electron chi connectivity index (χ4n) is 4.02. The normalized spacial score (nSPS) is 17.5. The molecule has 0 heterocycles. The highest BCUT2D eigenvalue weighted by molar-refractivity contribution is 6.08. The van der Waals surface area contributed by atoms with E-state index < -0.39 is 0 Å². The lowest BCUT2D eigenvalue weighted by Gasteiger charge is -2.36. The first-order valence-corrected chi connectivity index (χ1v) is 10.5. The summed E-state index contributed by atoms with van der Waals surface area (Å²) in [4.78, 5) is 19.4. The van der Waals surface area contributed by atoms with Crippen LogP contribution in [0.4, 0.5) is 5.69 Å². The Hall–Kier alpha value is -3.11. The van der Waals surface area contributed by atoms with Crippen molar-refractivity contribution in [3.63, 3.8) is 0 Å². The van der Waals surface area contributed by atoms with E-state index in [-0.39, 0.29) is 11.2 Å². The zero-order valence-electron chi connectivity index (χ0n) is 17.8. The average Bonchev–Trinajstić information content (AvgIpc) is 2.72. The van der Waals surface area contributed by atoms with E-state index >= 15 is 0 Å². The van der Waals surface area contributed by atoms with Crippen molar-refractivity contribution in [3.8, 4) is 0 Å². The summed E-state index contributed by atoms with van der Waals surface area (Å²) in [5.74, 6) is 0.251. The molecule has 2 aliphatic rings. The molecule has 0 saturated heterocycles. The first-order chi connectivity index (χ1) is 14.4. The number of ketones is 1. The monoisotopic (exact) mass is 403 g/mol. The second-order valence-electron chi connectivity index (χ2n) is 8.32. The number of nitrogens with two attached hydrogens (primary N) is 1. The van der Waals surface area contributed by atoms with Gasteiger partial charge in [-0.2, -0.15) is 0 Å². The quantitative estimate of drug-likeness (QED) is 0.187. The number of unbranched alkanes of at least 4 members (excludes halogenated alkanes) is 1. The molecule has 6 heteroatoms. The summed E-state index contributed by atoms with van der Waals surface area (Å²) < 4.78 is 0. The molecule has 2 aliphatic carbocycles. The average molecular weight is 404 g/mol. The van der Waals surface area contributed by atoms with E-state index in [0.29, 0.717) is 25.9 Å². The molecule has 0 unspecified atom stereocenters. The van der Waals surface area contributed by atoms with Crippen LogP contribution < -0.4 is 5.73 Å². The minimum Gasteiger partial charge on any atom is -0.399 e. The maximum absolute atomic E-state index is 11.9. The van der Waals surface area contributed by atoms with Crippen molar-refractivity contribution >= 4 is 23.3 Å². The van der Waals surface area contributed by atoms with Crippen LogP contribution in [0, 0.1) is 0 Å². The zero-order valence-corrected chi connectivity index (χ0v) is 17.8. The Morgan fingerprint density at radius 1 is 1.10 bits per heavy atom. The van der Waals surface area contributed by atoms with Gasteiger partial charge >= 0.3 is 0 Å². The van der Waals surface area contributed by atoms with Crippen molar-refractivity contribution in [2.75, 3.05) is 18.8 Å². The van der Waals surface area contributed by atoms with Gasteiger partial charge in [0.1, 0.15) is 5.78 Å². The molecule has 0 spiro atoms. The summed E-state index contributed by atoms with van der Waals surface area (Å²) in [5.41, 5.74) is 20.8. The van der Waals surface area contributed by atoms with Crippen molar-refractivity contribution in [1.82, 2.24) is 0 Å². The number of nitrogen functional groups attached to an aromatic ring is 1. The van der Waals surface area contributed by atoms with Crippen LogP contribution >= 0.6 is 0 Å². The highest BCUT2D eigenvalue weighted by Gasteiger charge is 2.33. The summed E-state index contributed by atoms with van der Waals surface area (Å²) >= 11 is 0. The Bertz CT molecular complexity index is 991. The summed E-state index contributed by atoms with van der Waals surface area (Å²) in [7, 11) is 0. The van der Waals surface area contributed by atoms with Gasteiger partial charge in [0.25, 0.3) is 0 Å². The van der Waals surface area contributed by atoms with E-state index in [1.54, 1.807) is 0 Å². The van der Waals surface area contributed by atoms with Crippen LogP contribution in [0.1, 0.15) is 57.1 Å². The van der Waals surface area contributed by atoms with E-state index in [1.807, 2.05) is 12.1 Å². The van der Waals surface area contributed by atoms with E-state index in [0.717, 1.165) is 30.7 Å². The molecule has 2 N–H and O–H groups in total. The van der Waals surface area contributed by atoms with Crippen LogP contribution in [0.15, 0.2) is 57.7 Å². The molecule has 0 atom stereocenters. The van der Waals surface area contributed by atoms with Gasteiger partial charge in [0, 0.05) is 41.9 Å². The number of benzene rings is 1. The van der Waals surface area contributed by atoms with Crippen LogP contribution in [0.3, 0.4) is 0 Å². The van der Waals surface area contributed by atoms with Gasteiger partial charge in [0.15, 0.2) is 0 Å². The fraction of sp³-hybridized carbons (Fsp3) is 0.417. The van der Waals surface area contributed by atoms with Gasteiger partial charge in [-0.15, -0.1) is 0 Å². The molecule has 1 aromatic rings. The van der Waals surface area contributed by atoms with Crippen molar-refractivity contribution in [3.05, 3.63) is 69.1 Å². The number of allylic oxidation sites excluding steroid dienone is 5. The lowest BCUT2D eigenvalue weighted by molar-refractivity contribution is -0.119. The predicted molar refractivity (Wildman–Crippen MR) is 123 cm³/mol. The number of aliphatic imine (C=N–C) groups is 1. The number of hydrogen-bond acceptors (Lipinski definition) is 4. The van der Waals surface area contributed by atoms with Gasteiger partial charge in [-0.1, -0.05) is 31.1 Å². The Morgan fingerprint density at radius 3 is 2.70 bits per heavy atom. The van der Waals surface area contributed by atoms with Crippen molar-refractivity contribution in [1.29, 1.82) is 0 Å². The summed E-state index contributed by atoms with van der Waals surface area (Å²) in [5, 5.41) is 3.48. The third-order valence-corrected chi connectivity index (χ3v) is 5.71. The number of fused-ring (bicyclic) bond motifs is 2. The Morgan fingerprint density at radius 2 is 1.90 bits per heavy atom. The Kier molecular flexibility index (Phi) is 6.91. The van der Waals surface area contributed by atoms with E-state index in [2.05, 4.69) is 54.2 Å². The topological polar surface area (TPSA) is 104 Å². The number of hydrogen-bond donors (Lipinski definition) is 1. The molecule has 0 radical (unpaired) electrons. The third kappa shape index (κ3) is 5.08. The lowest BCUT2D eigenvalue weighted by Crippen LogP contribution is -2.27. The lowest BCUT2D eigenvalue weighted by atomic mass is 9.67. The summed E-state index contributed by atoms with van der Waals surface area (Å²) in [6, 6.07) is 6.10. The molecule has 1 aromatic carbocycles. The molecule has 0 bridgehead atoms. The Balaban J connectivity index is 1.58. The molecule has 0 fully saturated rings. The number of carbonyl (C=O) groups is 1. The molecule has 156 valence electrons. The predicted octanol–water partition coefficient (Wildman–Crippen LogP) is 5.71. The minimum atomic E-state index is -0.147. The molecule has 30 heavy (non-hydrogen) atoms. The standard InChI is InChI=1S/C24H29N5O/c1-24(2)22-15-19(25)10-8-17(22)14-18-9-11-20(16-23(18)24)27-12-5-7-21(30)6-3-4-13-28-29-26/h8-11,14-16H,3-7,12-13,25H2,1-2H3. The van der Waals surface area contributed by atoms with Gasteiger partial charge in [0.05, 0.1) is 5.71 Å². The second kappa shape index (κ2) is 9.59. The van der Waals surface area contributed by atoms with E-state index in [1.165, 1.54) is 22.3 Å². The summed E-state index contributed by atoms with van der Waals surface area (Å²) in [6.07, 6.45) is 11.9. The molecule has 0 saturated carbocycles. The molecular weight excluding hydrogens is 374 g/mol. The van der Waals surface area contributed by atoms with Crippen molar-refractivity contribution in [2.45, 2.75) is 51.4 Å². The van der Waals surface area contributed by atoms with Gasteiger partial charge in [-0.25, -0.2) is 0 Å². The molecule has 0 aromatic heterocycles. The molecule has 3 rings (SSSR count). The number of Topliss-reactive ketones (excluding diaryl/α,β-unsaturated/α-hetero) is 1. The SMILES string of the molecule is CC1(C)C2=CC(=NCCCC(=O)CCCCN=[N+]=[N-])C=CC2=Cc2ccc(N)cc21. The van der Waals surface area contributed by atoms with Crippen LogP contribution in [0.25, 0.3) is 16.5 Å². The molecule has 0 amide bonds. The highest BCUT2D eigenvalue weighted by atomic mass is 16.1. The van der Waals surface area contributed by atoms with Crippen LogP contribution in [-0.4, -0.2) is 24.6 Å². The van der Waals surface area contributed by atoms with Crippen LogP contribution in [0.5, 0.6) is 0 Å². The maximum Gasteiger partial charge on any atom is 0.132 e. The number of azide groups is 1. The smallest absolute Gasteiger partial charge is 0.132 e. The van der Waals surface area contributed by atoms with Gasteiger partial charge in [-0.3, -0.25) is 9.79 Å². The second-order valence-corrected chi connectivity index (χ2v) is 8.32. The number of anilines is 1. The number of carbonyl (C=O) groups excluding carboxylic acids is 1. The van der Waals surface area contributed by atoms with Crippen LogP contribution in [0.2, 0.25) is 0 Å². The molecular formula is C24H29N5O. The first kappa shape index (κ1) is 21.6.